The molecule has 8 heteroatoms. The number of nitrogens with zero attached hydrogens (tertiary/aromatic N) is 3. The van der Waals surface area contributed by atoms with E-state index in [1.807, 2.05) is 30.3 Å². The van der Waals surface area contributed by atoms with Crippen LogP contribution in [0, 0.1) is 5.95 Å². The van der Waals surface area contributed by atoms with Gasteiger partial charge >= 0.3 is 0 Å². The Kier molecular flexibility index (Phi) is 4.62. The van der Waals surface area contributed by atoms with Gasteiger partial charge in [0.05, 0.1) is 31.7 Å². The molecule has 2 aromatic heterocycles. The van der Waals surface area contributed by atoms with E-state index >= 15 is 0 Å². The molecule has 0 fully saturated rings. The molecule has 7 nitrogen and oxygen atoms in total. The molecule has 1 spiro atoms. The van der Waals surface area contributed by atoms with Gasteiger partial charge in [-0.3, -0.25) is 4.98 Å². The van der Waals surface area contributed by atoms with Crippen LogP contribution >= 0.6 is 0 Å². The molecule has 5 heterocycles. The number of aliphatic imine (C=N–C) groups is 1. The van der Waals surface area contributed by atoms with Gasteiger partial charge in [0, 0.05) is 29.3 Å². The van der Waals surface area contributed by atoms with Crippen LogP contribution in [0.5, 0.6) is 11.5 Å². The van der Waals surface area contributed by atoms with E-state index in [9.17, 15) is 4.39 Å². The normalized spacial score (nSPS) is 21.2. The number of ether oxygens (including phenoxy) is 3. The second-order valence-corrected chi connectivity index (χ2v) is 8.18. The van der Waals surface area contributed by atoms with E-state index in [1.165, 1.54) is 6.20 Å². The third-order valence-electron chi connectivity index (χ3n) is 6.34. The maximum atomic E-state index is 14.5. The summed E-state index contributed by atoms with van der Waals surface area (Å²) in [7, 11) is 0. The molecule has 1 atom stereocenters. The lowest BCUT2D eigenvalue weighted by atomic mass is 9.77. The Morgan fingerprint density at radius 1 is 1.03 bits per heavy atom. The Balaban J connectivity index is 1.56. The van der Waals surface area contributed by atoms with Crippen molar-refractivity contribution in [1.29, 1.82) is 0 Å². The number of rotatable bonds is 2. The van der Waals surface area contributed by atoms with Gasteiger partial charge in [-0.25, -0.2) is 9.98 Å². The molecule has 3 aliphatic rings. The van der Waals surface area contributed by atoms with Crippen molar-refractivity contribution >= 4 is 11.6 Å². The first-order valence-corrected chi connectivity index (χ1v) is 10.8. The minimum absolute atomic E-state index is 0.113. The highest BCUT2D eigenvalue weighted by atomic mass is 19.1. The topological polar surface area (TPSA) is 91.9 Å². The Morgan fingerprint density at radius 2 is 1.94 bits per heavy atom. The van der Waals surface area contributed by atoms with E-state index in [-0.39, 0.29) is 6.02 Å². The molecule has 0 amide bonds. The number of hydrogen-bond acceptors (Lipinski definition) is 7. The molecule has 33 heavy (non-hydrogen) atoms. The van der Waals surface area contributed by atoms with Crippen molar-refractivity contribution in [3.63, 3.8) is 0 Å². The summed E-state index contributed by atoms with van der Waals surface area (Å²) in [5, 5.41) is 0. The second-order valence-electron chi connectivity index (χ2n) is 8.18. The smallest absolute Gasteiger partial charge is 0.283 e. The molecule has 1 unspecified atom stereocenters. The second kappa shape index (κ2) is 7.67. The summed E-state index contributed by atoms with van der Waals surface area (Å²) in [6, 6.07) is 11.1. The van der Waals surface area contributed by atoms with Gasteiger partial charge in [0.25, 0.3) is 6.02 Å². The zero-order chi connectivity index (χ0) is 22.4. The lowest BCUT2D eigenvalue weighted by Crippen LogP contribution is -2.38. The van der Waals surface area contributed by atoms with E-state index in [2.05, 4.69) is 9.97 Å². The van der Waals surface area contributed by atoms with Gasteiger partial charge in [-0.2, -0.15) is 4.39 Å². The summed E-state index contributed by atoms with van der Waals surface area (Å²) < 4.78 is 31.6. The van der Waals surface area contributed by atoms with Gasteiger partial charge in [-0.05, 0) is 47.9 Å². The van der Waals surface area contributed by atoms with E-state index in [0.29, 0.717) is 48.9 Å². The van der Waals surface area contributed by atoms with Crippen molar-refractivity contribution in [2.45, 2.75) is 18.4 Å². The van der Waals surface area contributed by atoms with Crippen LogP contribution in [0.3, 0.4) is 0 Å². The van der Waals surface area contributed by atoms with E-state index in [1.54, 1.807) is 18.3 Å². The largest absolute Gasteiger partial charge is 0.465 e. The third kappa shape index (κ3) is 3.25. The van der Waals surface area contributed by atoms with Gasteiger partial charge in [-0.1, -0.05) is 12.1 Å². The summed E-state index contributed by atoms with van der Waals surface area (Å²) in [4.78, 5) is 13.2. The molecule has 166 valence electrons. The number of benzene rings is 1. The zero-order valence-electron chi connectivity index (χ0n) is 17.8. The van der Waals surface area contributed by atoms with Crippen LogP contribution in [-0.2, 0) is 15.0 Å². The van der Waals surface area contributed by atoms with E-state index in [0.717, 1.165) is 28.8 Å². The highest BCUT2D eigenvalue weighted by Crippen LogP contribution is 2.53. The maximum absolute atomic E-state index is 14.5. The van der Waals surface area contributed by atoms with E-state index < -0.39 is 11.5 Å². The number of amidine groups is 1. The Hall–Kier alpha value is -3.78. The molecule has 0 saturated heterocycles. The monoisotopic (exact) mass is 444 g/mol. The molecule has 0 saturated carbocycles. The van der Waals surface area contributed by atoms with Gasteiger partial charge in [0.2, 0.25) is 5.95 Å². The summed E-state index contributed by atoms with van der Waals surface area (Å²) in [5.41, 5.74) is 10.0. The van der Waals surface area contributed by atoms with Gasteiger partial charge in [0.15, 0.2) is 5.75 Å². The van der Waals surface area contributed by atoms with Crippen molar-refractivity contribution in [3.05, 3.63) is 77.6 Å². The van der Waals surface area contributed by atoms with Crippen molar-refractivity contribution < 1.29 is 18.6 Å². The predicted molar refractivity (Wildman–Crippen MR) is 120 cm³/mol. The molecule has 0 bridgehead atoms. The number of pyridine rings is 2. The predicted octanol–water partition coefficient (Wildman–Crippen LogP) is 4.17. The number of fused-ring (bicyclic) bond motifs is 4. The summed E-state index contributed by atoms with van der Waals surface area (Å²) >= 11 is 0. The van der Waals surface area contributed by atoms with Crippen LogP contribution in [0.25, 0.3) is 16.7 Å². The fraction of sp³-hybridized carbons (Fsp3) is 0.240. The van der Waals surface area contributed by atoms with Crippen LogP contribution < -0.4 is 10.5 Å². The molecular formula is C25H21FN4O3. The summed E-state index contributed by atoms with van der Waals surface area (Å²) in [5.74, 6) is 0.725. The lowest BCUT2D eigenvalue weighted by Gasteiger charge is -2.39. The van der Waals surface area contributed by atoms with Crippen molar-refractivity contribution in [1.82, 2.24) is 9.97 Å². The lowest BCUT2D eigenvalue weighted by molar-refractivity contribution is 0.161. The van der Waals surface area contributed by atoms with Crippen LogP contribution in [-0.4, -0.2) is 35.8 Å². The van der Waals surface area contributed by atoms with Crippen molar-refractivity contribution in [2.24, 2.45) is 10.7 Å². The zero-order valence-corrected chi connectivity index (χ0v) is 17.8. The molecule has 1 aromatic carbocycles. The highest BCUT2D eigenvalue weighted by molar-refractivity contribution is 5.77. The molecule has 0 aliphatic carbocycles. The molecule has 0 radical (unpaired) electrons. The Bertz CT molecular complexity index is 1320. The number of aromatic nitrogens is 2. The minimum Gasteiger partial charge on any atom is -0.465 e. The van der Waals surface area contributed by atoms with E-state index in [4.69, 9.17) is 24.9 Å². The molecule has 2 N–H and O–H groups in total. The molecule has 3 aliphatic heterocycles. The first-order valence-electron chi connectivity index (χ1n) is 10.8. The first-order chi connectivity index (χ1) is 16.1. The third-order valence-corrected chi connectivity index (χ3v) is 6.34. The summed E-state index contributed by atoms with van der Waals surface area (Å²) in [6.07, 6.45) is 6.56. The number of nitrogens with two attached hydrogens (primary N) is 1. The average Bonchev–Trinajstić information content (AvgIpc) is 2.85. The van der Waals surface area contributed by atoms with Gasteiger partial charge in [0.1, 0.15) is 11.3 Å². The van der Waals surface area contributed by atoms with Gasteiger partial charge < -0.3 is 19.9 Å². The average molecular weight is 444 g/mol. The first kappa shape index (κ1) is 19.9. The van der Waals surface area contributed by atoms with Crippen molar-refractivity contribution in [2.75, 3.05) is 19.8 Å². The maximum Gasteiger partial charge on any atom is 0.283 e. The summed E-state index contributed by atoms with van der Waals surface area (Å²) in [6.45, 7) is 1.62. The minimum atomic E-state index is -0.830. The molecular weight excluding hydrogens is 423 g/mol. The van der Waals surface area contributed by atoms with Crippen LogP contribution in [0.2, 0.25) is 0 Å². The fourth-order valence-electron chi connectivity index (χ4n) is 4.73. The molecule has 3 aromatic rings. The molecule has 6 rings (SSSR count). The van der Waals surface area contributed by atoms with Gasteiger partial charge in [-0.15, -0.1) is 0 Å². The quantitative estimate of drug-likeness (QED) is 0.597. The SMILES string of the molecule is NC1=NC2(CCO1)c1cc(-c3cccnc3F)ccc1Oc1cnc(C3=CCOCC3)cc12. The highest BCUT2D eigenvalue weighted by Gasteiger charge is 2.45. The van der Waals surface area contributed by atoms with Crippen LogP contribution in [0.15, 0.2) is 59.9 Å². The van der Waals surface area contributed by atoms with Crippen LogP contribution in [0.1, 0.15) is 29.7 Å². The number of hydrogen-bond donors (Lipinski definition) is 1. The Morgan fingerprint density at radius 3 is 2.76 bits per heavy atom. The van der Waals surface area contributed by atoms with Crippen molar-refractivity contribution in [3.8, 4) is 22.6 Å². The standard InChI is InChI=1S/C25H21FN4O3/c26-23-17(2-1-8-28-23)16-3-4-21-18(12-16)25(7-11-32-24(27)30-25)19-13-20(29-14-22(19)33-21)15-5-9-31-10-6-15/h1-5,8,12-14H,6-7,9-11H2,(H2,27,30). The Labute approximate surface area is 189 Å². The fourth-order valence-corrected chi connectivity index (χ4v) is 4.73. The number of halogens is 1. The van der Waals surface area contributed by atoms with Crippen LogP contribution in [0.4, 0.5) is 4.39 Å².